The van der Waals surface area contributed by atoms with Gasteiger partial charge in [-0.25, -0.2) is 8.42 Å². The lowest BCUT2D eigenvalue weighted by molar-refractivity contribution is 0.424. The summed E-state index contributed by atoms with van der Waals surface area (Å²) < 4.78 is 28.5. The molecule has 0 aromatic carbocycles. The van der Waals surface area contributed by atoms with E-state index in [2.05, 4.69) is 15.5 Å². The van der Waals surface area contributed by atoms with Crippen molar-refractivity contribution in [2.45, 2.75) is 25.6 Å². The second-order valence-corrected chi connectivity index (χ2v) is 6.51. The van der Waals surface area contributed by atoms with Gasteiger partial charge in [-0.05, 0) is 6.42 Å². The van der Waals surface area contributed by atoms with Gasteiger partial charge < -0.3 is 4.52 Å². The van der Waals surface area contributed by atoms with Gasteiger partial charge in [0.05, 0.1) is 6.20 Å². The average Bonchev–Trinajstić information content (AvgIpc) is 2.85. The minimum absolute atomic E-state index is 0.241. The molecule has 98 valence electrons. The number of rotatable bonds is 5. The Labute approximate surface area is 108 Å². The van der Waals surface area contributed by atoms with Crippen LogP contribution in [0.1, 0.15) is 19.0 Å². The number of aryl methyl sites for hydroxylation is 1. The lowest BCUT2D eigenvalue weighted by Crippen LogP contribution is -1.96. The highest BCUT2D eigenvalue weighted by Gasteiger charge is 2.15. The Morgan fingerprint density at radius 2 is 2.28 bits per heavy atom. The Kier molecular flexibility index (Phi) is 3.67. The van der Waals surface area contributed by atoms with Crippen LogP contribution in [0.4, 0.5) is 0 Å². The van der Waals surface area contributed by atoms with Crippen molar-refractivity contribution >= 4 is 19.7 Å². The maximum absolute atomic E-state index is 10.9. The largest absolute Gasteiger partial charge is 0.354 e. The Hall–Kier alpha value is -1.41. The molecular formula is C9H11ClN4O3S. The summed E-state index contributed by atoms with van der Waals surface area (Å²) in [4.78, 5) is 0. The second kappa shape index (κ2) is 5.07. The molecular weight excluding hydrogens is 280 g/mol. The number of hydrogen-bond acceptors (Lipinski definition) is 6. The van der Waals surface area contributed by atoms with E-state index in [1.165, 1.54) is 6.07 Å². The highest BCUT2D eigenvalue weighted by Crippen LogP contribution is 2.19. The fourth-order valence-corrected chi connectivity index (χ4v) is 2.25. The molecule has 0 fully saturated rings. The van der Waals surface area contributed by atoms with Gasteiger partial charge in [-0.3, -0.25) is 4.68 Å². The Balaban J connectivity index is 2.18. The van der Waals surface area contributed by atoms with Crippen molar-refractivity contribution in [3.8, 4) is 11.5 Å². The summed E-state index contributed by atoms with van der Waals surface area (Å²) >= 11 is 0. The summed E-state index contributed by atoms with van der Waals surface area (Å²) in [5.74, 6) is -0.00564. The molecule has 0 aliphatic carbocycles. The number of nitrogens with zero attached hydrogens (tertiary/aromatic N) is 4. The van der Waals surface area contributed by atoms with Crippen LogP contribution in [0.2, 0.25) is 0 Å². The van der Waals surface area contributed by atoms with Crippen molar-refractivity contribution in [2.24, 2.45) is 0 Å². The van der Waals surface area contributed by atoms with Crippen molar-refractivity contribution in [2.75, 3.05) is 0 Å². The lowest BCUT2D eigenvalue weighted by atomic mass is 10.3. The minimum atomic E-state index is -3.64. The fraction of sp³-hybridized carbons (Fsp3) is 0.444. The first-order valence-electron chi connectivity index (χ1n) is 5.26. The predicted molar refractivity (Wildman–Crippen MR) is 64.3 cm³/mol. The average molecular weight is 291 g/mol. The lowest BCUT2D eigenvalue weighted by Gasteiger charge is -1.91. The monoisotopic (exact) mass is 290 g/mol. The molecule has 0 saturated heterocycles. The van der Waals surface area contributed by atoms with E-state index >= 15 is 0 Å². The van der Waals surface area contributed by atoms with Crippen LogP contribution in [0.25, 0.3) is 11.5 Å². The highest BCUT2D eigenvalue weighted by atomic mass is 35.7. The Morgan fingerprint density at radius 1 is 1.50 bits per heavy atom. The molecule has 0 spiro atoms. The van der Waals surface area contributed by atoms with Crippen LogP contribution in [0.5, 0.6) is 0 Å². The SMILES string of the molecule is CCCn1cc(-c2cc(CS(=O)(=O)Cl)no2)nn1. The van der Waals surface area contributed by atoms with Gasteiger partial charge in [0.15, 0.2) is 11.5 Å². The summed E-state index contributed by atoms with van der Waals surface area (Å²) in [5.41, 5.74) is 0.749. The molecule has 0 bridgehead atoms. The standard InChI is InChI=1S/C9H11ClN4O3S/c1-2-3-14-5-8(11-13-14)9-4-7(12-17-9)6-18(10,15)16/h4-5H,2-3,6H2,1H3. The van der Waals surface area contributed by atoms with Crippen molar-refractivity contribution < 1.29 is 12.9 Å². The molecule has 0 aliphatic rings. The van der Waals surface area contributed by atoms with Gasteiger partial charge in [-0.15, -0.1) is 5.10 Å². The number of aromatic nitrogens is 4. The molecule has 9 heteroatoms. The third-order valence-corrected chi connectivity index (χ3v) is 3.09. The van der Waals surface area contributed by atoms with Crippen molar-refractivity contribution in [3.63, 3.8) is 0 Å². The molecule has 0 unspecified atom stereocenters. The first-order valence-corrected chi connectivity index (χ1v) is 7.74. The highest BCUT2D eigenvalue weighted by molar-refractivity contribution is 8.13. The van der Waals surface area contributed by atoms with Gasteiger partial charge in [-0.1, -0.05) is 17.3 Å². The molecule has 2 aromatic heterocycles. The van der Waals surface area contributed by atoms with Gasteiger partial charge >= 0.3 is 0 Å². The maximum Gasteiger partial charge on any atom is 0.238 e. The van der Waals surface area contributed by atoms with Crippen LogP contribution in [-0.2, 0) is 21.3 Å². The summed E-state index contributed by atoms with van der Waals surface area (Å²) in [6, 6.07) is 1.49. The Bertz CT molecular complexity index is 634. The molecule has 2 aromatic rings. The zero-order valence-electron chi connectivity index (χ0n) is 9.58. The molecule has 2 rings (SSSR count). The van der Waals surface area contributed by atoms with Crippen molar-refractivity contribution in [1.82, 2.24) is 20.2 Å². The van der Waals surface area contributed by atoms with E-state index in [1.54, 1.807) is 10.9 Å². The van der Waals surface area contributed by atoms with Crippen LogP contribution >= 0.6 is 10.7 Å². The quantitative estimate of drug-likeness (QED) is 0.773. The normalized spacial score (nSPS) is 11.9. The van der Waals surface area contributed by atoms with Crippen LogP contribution in [0, 0.1) is 0 Å². The summed E-state index contributed by atoms with van der Waals surface area (Å²) in [7, 11) is 1.49. The molecule has 0 atom stereocenters. The minimum Gasteiger partial charge on any atom is -0.354 e. The molecule has 2 heterocycles. The van der Waals surface area contributed by atoms with E-state index in [9.17, 15) is 8.42 Å². The van der Waals surface area contributed by atoms with Gasteiger partial charge in [-0.2, -0.15) is 0 Å². The summed E-state index contributed by atoms with van der Waals surface area (Å²) in [6.45, 7) is 2.78. The Morgan fingerprint density at radius 3 is 2.94 bits per heavy atom. The van der Waals surface area contributed by atoms with Crippen LogP contribution in [-0.4, -0.2) is 28.6 Å². The van der Waals surface area contributed by atoms with E-state index in [0.717, 1.165) is 13.0 Å². The third kappa shape index (κ3) is 3.30. The molecule has 7 nitrogen and oxygen atoms in total. The summed E-state index contributed by atoms with van der Waals surface area (Å²) in [5, 5.41) is 11.4. The molecule has 0 N–H and O–H groups in total. The van der Waals surface area contributed by atoms with Gasteiger partial charge in [0.25, 0.3) is 0 Å². The van der Waals surface area contributed by atoms with E-state index < -0.39 is 9.05 Å². The van der Waals surface area contributed by atoms with Crippen molar-refractivity contribution in [3.05, 3.63) is 18.0 Å². The number of hydrogen-bond donors (Lipinski definition) is 0. The molecule has 0 radical (unpaired) electrons. The second-order valence-electron chi connectivity index (χ2n) is 3.73. The van der Waals surface area contributed by atoms with E-state index in [4.69, 9.17) is 15.2 Å². The first-order chi connectivity index (χ1) is 8.48. The zero-order chi connectivity index (χ0) is 13.2. The van der Waals surface area contributed by atoms with Gasteiger partial charge in [0.2, 0.25) is 9.05 Å². The smallest absolute Gasteiger partial charge is 0.238 e. The third-order valence-electron chi connectivity index (χ3n) is 2.12. The topological polar surface area (TPSA) is 90.9 Å². The molecule has 18 heavy (non-hydrogen) atoms. The van der Waals surface area contributed by atoms with E-state index in [1.807, 2.05) is 6.92 Å². The molecule has 0 saturated carbocycles. The predicted octanol–water partition coefficient (Wildman–Crippen LogP) is 1.41. The van der Waals surface area contributed by atoms with Crippen LogP contribution < -0.4 is 0 Å². The van der Waals surface area contributed by atoms with Gasteiger partial charge in [0.1, 0.15) is 11.4 Å². The number of halogens is 1. The first kappa shape index (κ1) is 13.0. The van der Waals surface area contributed by atoms with E-state index in [-0.39, 0.29) is 11.4 Å². The van der Waals surface area contributed by atoms with E-state index in [0.29, 0.717) is 11.5 Å². The zero-order valence-corrected chi connectivity index (χ0v) is 11.1. The van der Waals surface area contributed by atoms with Gasteiger partial charge in [0, 0.05) is 23.3 Å². The van der Waals surface area contributed by atoms with Crippen molar-refractivity contribution in [1.29, 1.82) is 0 Å². The fourth-order valence-electron chi connectivity index (χ4n) is 1.43. The van der Waals surface area contributed by atoms with Crippen LogP contribution in [0.15, 0.2) is 16.8 Å². The summed E-state index contributed by atoms with van der Waals surface area (Å²) in [6.07, 6.45) is 2.65. The molecule has 0 aliphatic heterocycles. The molecule has 0 amide bonds. The maximum atomic E-state index is 10.9. The van der Waals surface area contributed by atoms with Crippen LogP contribution in [0.3, 0.4) is 0 Å².